The highest BCUT2D eigenvalue weighted by atomic mass is 16.6. The first-order valence-electron chi connectivity index (χ1n) is 9.79. The number of ether oxygens (including phenoxy) is 1. The summed E-state index contributed by atoms with van der Waals surface area (Å²) >= 11 is 0. The van der Waals surface area contributed by atoms with Crippen LogP contribution < -0.4 is 10.5 Å². The first-order chi connectivity index (χ1) is 13.2. The molecule has 2 amide bonds. The molecule has 2 fully saturated rings. The van der Waals surface area contributed by atoms with E-state index in [1.807, 2.05) is 30.6 Å². The topological polar surface area (TPSA) is 98.8 Å². The highest BCUT2D eigenvalue weighted by Crippen LogP contribution is 2.24. The fourth-order valence-corrected chi connectivity index (χ4v) is 3.65. The first kappa shape index (κ1) is 20.2. The minimum Gasteiger partial charge on any atom is -0.444 e. The zero-order valence-electron chi connectivity index (χ0n) is 16.8. The normalized spacial score (nSPS) is 20.8. The van der Waals surface area contributed by atoms with Gasteiger partial charge in [-0.25, -0.2) is 9.89 Å². The number of amides is 2. The first-order valence-corrected chi connectivity index (χ1v) is 9.79. The van der Waals surface area contributed by atoms with Gasteiger partial charge in [-0.05, 0) is 33.6 Å². The number of carbonyl (C=O) groups excluding carboxylic acids is 2. The predicted octanol–water partition coefficient (Wildman–Crippen LogP) is 1.07. The number of piperidine rings is 1. The van der Waals surface area contributed by atoms with Crippen LogP contribution >= 0.6 is 0 Å². The van der Waals surface area contributed by atoms with Crippen LogP contribution in [0.15, 0.2) is 17.1 Å². The van der Waals surface area contributed by atoms with E-state index < -0.39 is 5.60 Å². The maximum absolute atomic E-state index is 13.0. The van der Waals surface area contributed by atoms with E-state index in [0.29, 0.717) is 32.7 Å². The molecule has 0 unspecified atom stereocenters. The molecule has 2 aliphatic heterocycles. The van der Waals surface area contributed by atoms with Gasteiger partial charge in [0.15, 0.2) is 0 Å². The molecule has 1 aromatic rings. The third-order valence-corrected chi connectivity index (χ3v) is 5.03. The smallest absolute Gasteiger partial charge is 0.410 e. The van der Waals surface area contributed by atoms with Gasteiger partial charge in [0.25, 0.3) is 5.56 Å². The van der Waals surface area contributed by atoms with E-state index in [1.165, 1.54) is 6.07 Å². The lowest BCUT2D eigenvalue weighted by molar-refractivity contribution is -0.137. The molecule has 9 heteroatoms. The van der Waals surface area contributed by atoms with E-state index in [2.05, 4.69) is 10.2 Å². The summed E-state index contributed by atoms with van der Waals surface area (Å²) in [6.07, 6.45) is 3.01. The summed E-state index contributed by atoms with van der Waals surface area (Å²) in [5.74, 6) is 0.00690. The molecule has 2 saturated heterocycles. The standard InChI is InChI=1S/C19H29N5O4/c1-19(2,3)28-18(27)23-9-7-22(8-10-23)17(26)14-5-4-6-24(13-14)15-11-16(25)21-20-12-15/h11-12,14H,4-10,13H2,1-3H3,(H,21,25)/t14-/m0/s1. The van der Waals surface area contributed by atoms with E-state index >= 15 is 0 Å². The van der Waals surface area contributed by atoms with E-state index in [1.54, 1.807) is 11.1 Å². The van der Waals surface area contributed by atoms with Crippen LogP contribution in [0, 0.1) is 5.92 Å². The van der Waals surface area contributed by atoms with Crippen molar-refractivity contribution in [2.45, 2.75) is 39.2 Å². The van der Waals surface area contributed by atoms with Crippen LogP contribution in [0.4, 0.5) is 10.5 Å². The highest BCUT2D eigenvalue weighted by Gasteiger charge is 2.33. The van der Waals surface area contributed by atoms with Crippen molar-refractivity contribution >= 4 is 17.7 Å². The molecule has 3 rings (SSSR count). The lowest BCUT2D eigenvalue weighted by atomic mass is 9.96. The molecular weight excluding hydrogens is 362 g/mol. The Kier molecular flexibility index (Phi) is 5.90. The van der Waals surface area contributed by atoms with Gasteiger partial charge in [0.2, 0.25) is 5.91 Å². The third kappa shape index (κ3) is 5.02. The van der Waals surface area contributed by atoms with Gasteiger partial charge >= 0.3 is 6.09 Å². The van der Waals surface area contributed by atoms with Gasteiger partial charge in [-0.2, -0.15) is 5.10 Å². The Morgan fingerprint density at radius 3 is 2.46 bits per heavy atom. The number of nitrogens with one attached hydrogen (secondary N) is 1. The van der Waals surface area contributed by atoms with Crippen LogP contribution in [0.2, 0.25) is 0 Å². The minimum atomic E-state index is -0.524. The van der Waals surface area contributed by atoms with Gasteiger partial charge in [0.1, 0.15) is 5.60 Å². The van der Waals surface area contributed by atoms with E-state index in [9.17, 15) is 14.4 Å². The van der Waals surface area contributed by atoms with Gasteiger partial charge in [-0.3, -0.25) is 9.59 Å². The SMILES string of the molecule is CC(C)(C)OC(=O)N1CCN(C(=O)[C@H]2CCCN(c3cn[nH]c(=O)c3)C2)CC1. The molecule has 3 heterocycles. The Labute approximate surface area is 164 Å². The van der Waals surface area contributed by atoms with Crippen LogP contribution in [-0.2, 0) is 9.53 Å². The van der Waals surface area contributed by atoms with E-state index in [-0.39, 0.29) is 23.5 Å². The van der Waals surface area contributed by atoms with Gasteiger partial charge in [-0.1, -0.05) is 0 Å². The maximum Gasteiger partial charge on any atom is 0.410 e. The number of carbonyl (C=O) groups is 2. The molecule has 0 radical (unpaired) electrons. The zero-order valence-corrected chi connectivity index (χ0v) is 16.8. The number of hydrogen-bond acceptors (Lipinski definition) is 6. The van der Waals surface area contributed by atoms with Crippen molar-refractivity contribution in [3.8, 4) is 0 Å². The second-order valence-electron chi connectivity index (χ2n) is 8.38. The predicted molar refractivity (Wildman–Crippen MR) is 104 cm³/mol. The molecule has 0 aromatic carbocycles. The van der Waals surface area contributed by atoms with Crippen molar-refractivity contribution in [2.75, 3.05) is 44.2 Å². The van der Waals surface area contributed by atoms with Crippen LogP contribution in [-0.4, -0.2) is 76.9 Å². The molecule has 0 bridgehead atoms. The van der Waals surface area contributed by atoms with Gasteiger partial charge in [-0.15, -0.1) is 0 Å². The largest absolute Gasteiger partial charge is 0.444 e. The summed E-state index contributed by atoms with van der Waals surface area (Å²) in [5, 5.41) is 6.22. The number of H-pyrrole nitrogens is 1. The van der Waals surface area contributed by atoms with Crippen LogP contribution in [0.25, 0.3) is 0 Å². The van der Waals surface area contributed by atoms with Crippen molar-refractivity contribution in [2.24, 2.45) is 5.92 Å². The summed E-state index contributed by atoms with van der Waals surface area (Å²) < 4.78 is 5.40. The molecule has 1 aromatic heterocycles. The molecular formula is C19H29N5O4. The number of piperazine rings is 1. The summed E-state index contributed by atoms with van der Waals surface area (Å²) in [6.45, 7) is 8.91. The van der Waals surface area contributed by atoms with E-state index in [4.69, 9.17) is 4.74 Å². The number of aromatic amines is 1. The van der Waals surface area contributed by atoms with E-state index in [0.717, 1.165) is 25.1 Å². The number of anilines is 1. The molecule has 28 heavy (non-hydrogen) atoms. The minimum absolute atomic E-state index is 0.110. The number of nitrogens with zero attached hydrogens (tertiary/aromatic N) is 4. The molecule has 0 spiro atoms. The van der Waals surface area contributed by atoms with Crippen LogP contribution in [0.3, 0.4) is 0 Å². The molecule has 0 saturated carbocycles. The highest BCUT2D eigenvalue weighted by molar-refractivity contribution is 5.80. The molecule has 0 aliphatic carbocycles. The van der Waals surface area contributed by atoms with Crippen LogP contribution in [0.5, 0.6) is 0 Å². The number of rotatable bonds is 2. The Hall–Kier alpha value is -2.58. The van der Waals surface area contributed by atoms with Gasteiger partial charge in [0, 0.05) is 45.3 Å². The summed E-state index contributed by atoms with van der Waals surface area (Å²) in [6, 6.07) is 1.51. The average Bonchev–Trinajstić information content (AvgIpc) is 2.66. The monoisotopic (exact) mass is 391 g/mol. The number of hydrogen-bond donors (Lipinski definition) is 1. The fraction of sp³-hybridized carbons (Fsp3) is 0.684. The molecule has 154 valence electrons. The van der Waals surface area contributed by atoms with Crippen molar-refractivity contribution < 1.29 is 14.3 Å². The molecule has 1 N–H and O–H groups in total. The Morgan fingerprint density at radius 1 is 1.14 bits per heavy atom. The van der Waals surface area contributed by atoms with Crippen molar-refractivity contribution in [1.29, 1.82) is 0 Å². The second kappa shape index (κ2) is 8.20. The average molecular weight is 391 g/mol. The summed E-state index contributed by atoms with van der Waals surface area (Å²) in [4.78, 5) is 42.2. The zero-order chi connectivity index (χ0) is 20.3. The fourth-order valence-electron chi connectivity index (χ4n) is 3.65. The third-order valence-electron chi connectivity index (χ3n) is 5.03. The van der Waals surface area contributed by atoms with Crippen LogP contribution in [0.1, 0.15) is 33.6 Å². The summed E-state index contributed by atoms with van der Waals surface area (Å²) in [5.41, 5.74) is -0.0240. The van der Waals surface area contributed by atoms with Crippen molar-refractivity contribution in [1.82, 2.24) is 20.0 Å². The lowest BCUT2D eigenvalue weighted by Crippen LogP contribution is -2.54. The Balaban J connectivity index is 1.55. The van der Waals surface area contributed by atoms with Crippen molar-refractivity contribution in [3.05, 3.63) is 22.6 Å². The molecule has 1 atom stereocenters. The maximum atomic E-state index is 13.0. The van der Waals surface area contributed by atoms with Gasteiger partial charge < -0.3 is 19.4 Å². The number of aromatic nitrogens is 2. The Morgan fingerprint density at radius 2 is 1.82 bits per heavy atom. The second-order valence-corrected chi connectivity index (χ2v) is 8.38. The van der Waals surface area contributed by atoms with Gasteiger partial charge in [0.05, 0.1) is 17.8 Å². The Bertz CT molecular complexity index is 764. The molecule has 2 aliphatic rings. The summed E-state index contributed by atoms with van der Waals surface area (Å²) in [7, 11) is 0. The quantitative estimate of drug-likeness (QED) is 0.810. The lowest BCUT2D eigenvalue weighted by Gasteiger charge is -2.39. The van der Waals surface area contributed by atoms with Crippen molar-refractivity contribution in [3.63, 3.8) is 0 Å². The molecule has 9 nitrogen and oxygen atoms in total.